The number of hydrogen-bond donors (Lipinski definition) is 2. The van der Waals surface area contributed by atoms with Crippen molar-refractivity contribution in [2.45, 2.75) is 6.92 Å². The van der Waals surface area contributed by atoms with E-state index in [-0.39, 0.29) is 5.91 Å². The van der Waals surface area contributed by atoms with Gasteiger partial charge in [-0.25, -0.2) is 4.98 Å². The highest BCUT2D eigenvalue weighted by Gasteiger charge is 2.18. The molecule has 0 aliphatic heterocycles. The summed E-state index contributed by atoms with van der Waals surface area (Å²) in [6, 6.07) is 15.1. The van der Waals surface area contributed by atoms with Crippen molar-refractivity contribution in [2.24, 2.45) is 0 Å². The molecule has 30 heavy (non-hydrogen) atoms. The summed E-state index contributed by atoms with van der Waals surface area (Å²) in [4.78, 5) is 18.5. The highest BCUT2D eigenvalue weighted by molar-refractivity contribution is 7.16. The van der Waals surface area contributed by atoms with Gasteiger partial charge in [-0.05, 0) is 55.5 Å². The molecule has 2 heterocycles. The van der Waals surface area contributed by atoms with Crippen LogP contribution in [0.1, 0.15) is 15.2 Å². The van der Waals surface area contributed by atoms with E-state index in [0.717, 1.165) is 33.2 Å². The maximum Gasteiger partial charge on any atom is 0.261 e. The predicted molar refractivity (Wildman–Crippen MR) is 117 cm³/mol. The summed E-state index contributed by atoms with van der Waals surface area (Å²) >= 11 is 1.43. The number of hydrogen-bond acceptors (Lipinski definition) is 6. The molecule has 0 spiro atoms. The number of carbonyl (C=O) groups is 1. The van der Waals surface area contributed by atoms with Crippen LogP contribution in [0.4, 0.5) is 5.13 Å². The smallest absolute Gasteiger partial charge is 0.261 e. The molecule has 2 aromatic heterocycles. The van der Waals surface area contributed by atoms with Crippen molar-refractivity contribution in [3.05, 3.63) is 65.2 Å². The number of H-pyrrole nitrogens is 1. The monoisotopic (exact) mass is 420 g/mol. The molecular weight excluding hydrogens is 400 g/mol. The molecule has 4 aromatic rings. The summed E-state index contributed by atoms with van der Waals surface area (Å²) < 4.78 is 10.4. The quantitative estimate of drug-likeness (QED) is 0.469. The van der Waals surface area contributed by atoms with Crippen molar-refractivity contribution >= 4 is 22.4 Å². The zero-order chi connectivity index (χ0) is 21.1. The van der Waals surface area contributed by atoms with Crippen LogP contribution in [-0.2, 0) is 0 Å². The Bertz CT molecular complexity index is 1160. The maximum atomic E-state index is 12.9. The second-order valence-electron chi connectivity index (χ2n) is 6.49. The van der Waals surface area contributed by atoms with Gasteiger partial charge in [0.1, 0.15) is 11.5 Å². The van der Waals surface area contributed by atoms with Gasteiger partial charge in [0.05, 0.1) is 37.4 Å². The number of ether oxygens (including phenoxy) is 2. The molecule has 8 heteroatoms. The average Bonchev–Trinajstić information content (AvgIpc) is 3.41. The molecule has 2 aromatic carbocycles. The Labute approximate surface area is 177 Å². The van der Waals surface area contributed by atoms with E-state index in [0.29, 0.717) is 16.4 Å². The number of carbonyl (C=O) groups excluding carboxylic acids is 1. The number of nitrogens with zero attached hydrogens (tertiary/aromatic N) is 2. The second-order valence-corrected chi connectivity index (χ2v) is 7.70. The van der Waals surface area contributed by atoms with Gasteiger partial charge in [0.2, 0.25) is 0 Å². The van der Waals surface area contributed by atoms with Gasteiger partial charge in [-0.3, -0.25) is 15.2 Å². The third-order valence-electron chi connectivity index (χ3n) is 4.64. The Morgan fingerprint density at radius 3 is 2.17 bits per heavy atom. The van der Waals surface area contributed by atoms with Crippen LogP contribution < -0.4 is 14.8 Å². The number of amides is 1. The number of aryl methyl sites for hydroxylation is 1. The molecule has 0 fully saturated rings. The molecule has 152 valence electrons. The van der Waals surface area contributed by atoms with Crippen molar-refractivity contribution in [1.29, 1.82) is 0 Å². The number of nitrogens with one attached hydrogen (secondary N) is 2. The van der Waals surface area contributed by atoms with E-state index in [2.05, 4.69) is 20.5 Å². The Morgan fingerprint density at radius 2 is 1.57 bits per heavy atom. The van der Waals surface area contributed by atoms with Crippen molar-refractivity contribution in [2.75, 3.05) is 19.5 Å². The van der Waals surface area contributed by atoms with Crippen LogP contribution in [0.5, 0.6) is 11.5 Å². The summed E-state index contributed by atoms with van der Waals surface area (Å²) in [5.41, 5.74) is 3.72. The topological polar surface area (TPSA) is 89.1 Å². The van der Waals surface area contributed by atoms with Crippen LogP contribution in [0, 0.1) is 6.92 Å². The van der Waals surface area contributed by atoms with E-state index in [4.69, 9.17) is 9.47 Å². The SMILES string of the molecule is COc1ccc(-c2nc(NC(=O)c3cn[nH]c3-c3ccc(OC)cc3)sc2C)cc1. The van der Waals surface area contributed by atoms with Crippen molar-refractivity contribution in [3.8, 4) is 34.0 Å². The van der Waals surface area contributed by atoms with Crippen LogP contribution in [0.3, 0.4) is 0 Å². The maximum absolute atomic E-state index is 12.9. The predicted octanol–water partition coefficient (Wildman–Crippen LogP) is 4.78. The fourth-order valence-corrected chi connectivity index (χ4v) is 3.90. The first kappa shape index (κ1) is 19.7. The molecule has 7 nitrogen and oxygen atoms in total. The van der Waals surface area contributed by atoms with E-state index < -0.39 is 0 Å². The lowest BCUT2D eigenvalue weighted by Crippen LogP contribution is -2.12. The summed E-state index contributed by atoms with van der Waals surface area (Å²) in [7, 11) is 3.24. The highest BCUT2D eigenvalue weighted by Crippen LogP contribution is 2.32. The van der Waals surface area contributed by atoms with E-state index in [1.54, 1.807) is 14.2 Å². The molecule has 0 radical (unpaired) electrons. The van der Waals surface area contributed by atoms with Crippen LogP contribution in [0.25, 0.3) is 22.5 Å². The van der Waals surface area contributed by atoms with E-state index in [9.17, 15) is 4.79 Å². The number of aromatic nitrogens is 3. The van der Waals surface area contributed by atoms with E-state index in [1.165, 1.54) is 17.5 Å². The van der Waals surface area contributed by atoms with Crippen LogP contribution in [0.15, 0.2) is 54.7 Å². The van der Waals surface area contributed by atoms with Crippen molar-refractivity contribution < 1.29 is 14.3 Å². The van der Waals surface area contributed by atoms with Crippen LogP contribution >= 0.6 is 11.3 Å². The third kappa shape index (κ3) is 3.90. The van der Waals surface area contributed by atoms with Gasteiger partial charge >= 0.3 is 0 Å². The first-order valence-electron chi connectivity index (χ1n) is 9.20. The largest absolute Gasteiger partial charge is 0.497 e. The Balaban J connectivity index is 1.55. The molecular formula is C22H20N4O3S. The number of methoxy groups -OCH3 is 2. The summed E-state index contributed by atoms with van der Waals surface area (Å²) in [6.45, 7) is 1.98. The minimum absolute atomic E-state index is 0.274. The molecule has 0 saturated carbocycles. The highest BCUT2D eigenvalue weighted by atomic mass is 32.1. The number of rotatable bonds is 6. The van der Waals surface area contributed by atoms with Gasteiger partial charge < -0.3 is 9.47 Å². The molecule has 4 rings (SSSR count). The summed E-state index contributed by atoms with van der Waals surface area (Å²) in [5.74, 6) is 1.25. The standard InChI is InChI=1S/C22H20N4O3S/c1-13-19(14-4-8-16(28-2)9-5-14)24-22(30-13)25-21(27)18-12-23-26-20(18)15-6-10-17(29-3)11-7-15/h4-12H,1-3H3,(H,23,26)(H,24,25,27). The lowest BCUT2D eigenvalue weighted by molar-refractivity contribution is 0.102. The number of aromatic amines is 1. The number of thiazole rings is 1. The fraction of sp³-hybridized carbons (Fsp3) is 0.136. The zero-order valence-electron chi connectivity index (χ0n) is 16.7. The normalized spacial score (nSPS) is 10.6. The van der Waals surface area contributed by atoms with Crippen molar-refractivity contribution in [3.63, 3.8) is 0 Å². The zero-order valence-corrected chi connectivity index (χ0v) is 17.5. The van der Waals surface area contributed by atoms with Gasteiger partial charge in [0, 0.05) is 16.0 Å². The fourth-order valence-electron chi connectivity index (χ4n) is 3.07. The average molecular weight is 420 g/mol. The third-order valence-corrected chi connectivity index (χ3v) is 5.53. The lowest BCUT2D eigenvalue weighted by Gasteiger charge is -2.05. The Hall–Kier alpha value is -3.65. The molecule has 0 saturated heterocycles. The molecule has 0 bridgehead atoms. The molecule has 0 aliphatic carbocycles. The number of anilines is 1. The first-order chi connectivity index (χ1) is 14.6. The van der Waals surface area contributed by atoms with E-state index in [1.807, 2.05) is 55.5 Å². The Kier molecular flexibility index (Phi) is 5.49. The van der Waals surface area contributed by atoms with Crippen molar-refractivity contribution in [1.82, 2.24) is 15.2 Å². The first-order valence-corrected chi connectivity index (χ1v) is 10.0. The van der Waals surface area contributed by atoms with Gasteiger partial charge in [-0.2, -0.15) is 5.10 Å². The summed E-state index contributed by atoms with van der Waals surface area (Å²) in [6.07, 6.45) is 1.51. The molecule has 0 aliphatic rings. The molecule has 0 unspecified atom stereocenters. The minimum Gasteiger partial charge on any atom is -0.497 e. The number of benzene rings is 2. The lowest BCUT2D eigenvalue weighted by atomic mass is 10.1. The van der Waals surface area contributed by atoms with E-state index >= 15 is 0 Å². The van der Waals surface area contributed by atoms with Gasteiger partial charge in [0.15, 0.2) is 5.13 Å². The second kappa shape index (κ2) is 8.38. The molecule has 1 amide bonds. The van der Waals surface area contributed by atoms with Crippen LogP contribution in [0.2, 0.25) is 0 Å². The summed E-state index contributed by atoms with van der Waals surface area (Å²) in [5, 5.41) is 10.4. The molecule has 2 N–H and O–H groups in total. The van der Waals surface area contributed by atoms with Gasteiger partial charge in [-0.1, -0.05) is 0 Å². The minimum atomic E-state index is -0.274. The van der Waals surface area contributed by atoms with Gasteiger partial charge in [-0.15, -0.1) is 11.3 Å². The molecule has 0 atom stereocenters. The Morgan fingerprint density at radius 1 is 0.967 bits per heavy atom. The van der Waals surface area contributed by atoms with Gasteiger partial charge in [0.25, 0.3) is 5.91 Å². The van der Waals surface area contributed by atoms with Crippen LogP contribution in [-0.4, -0.2) is 35.3 Å².